The number of anilines is 1. The van der Waals surface area contributed by atoms with Crippen molar-refractivity contribution < 1.29 is 19.9 Å². The lowest BCUT2D eigenvalue weighted by molar-refractivity contribution is -0.385. The molecule has 1 aromatic rings. The molecule has 0 saturated carbocycles. The molecule has 1 heterocycles. The fourth-order valence-electron chi connectivity index (χ4n) is 1.22. The summed E-state index contributed by atoms with van der Waals surface area (Å²) >= 11 is 0. The van der Waals surface area contributed by atoms with Crippen LogP contribution in [0.15, 0.2) is 12.3 Å². The van der Waals surface area contributed by atoms with E-state index >= 15 is 0 Å². The van der Waals surface area contributed by atoms with Crippen LogP contribution in [0.1, 0.15) is 24.2 Å². The van der Waals surface area contributed by atoms with Gasteiger partial charge in [-0.25, -0.2) is 9.78 Å². The molecule has 0 bridgehead atoms. The maximum atomic E-state index is 10.9. The molecule has 0 amide bonds. The smallest absolute Gasteiger partial charge is 0.342 e. The van der Waals surface area contributed by atoms with Crippen molar-refractivity contribution in [1.29, 1.82) is 0 Å². The third-order valence-electron chi connectivity index (χ3n) is 2.17. The van der Waals surface area contributed by atoms with Gasteiger partial charge < -0.3 is 15.5 Å². The molecule has 1 aromatic heterocycles. The molecule has 8 heteroatoms. The Morgan fingerprint density at radius 3 is 2.67 bits per heavy atom. The molecule has 8 nitrogen and oxygen atoms in total. The highest BCUT2D eigenvalue weighted by molar-refractivity contribution is 5.93. The van der Waals surface area contributed by atoms with E-state index in [-0.39, 0.29) is 12.4 Å². The molecular weight excluding hydrogens is 242 g/mol. The molecule has 18 heavy (non-hydrogen) atoms. The van der Waals surface area contributed by atoms with Crippen molar-refractivity contribution in [2.24, 2.45) is 0 Å². The maximum absolute atomic E-state index is 10.9. The van der Waals surface area contributed by atoms with E-state index in [4.69, 9.17) is 10.2 Å². The Morgan fingerprint density at radius 1 is 1.61 bits per heavy atom. The van der Waals surface area contributed by atoms with Crippen LogP contribution in [0, 0.1) is 10.1 Å². The van der Waals surface area contributed by atoms with Crippen LogP contribution in [0.2, 0.25) is 0 Å². The average Bonchev–Trinajstić information content (AvgIpc) is 2.28. The highest BCUT2D eigenvalue weighted by atomic mass is 16.6. The third-order valence-corrected chi connectivity index (χ3v) is 2.17. The number of pyridine rings is 1. The second kappa shape index (κ2) is 4.96. The summed E-state index contributed by atoms with van der Waals surface area (Å²) in [6.07, 6.45) is 0.874. The van der Waals surface area contributed by atoms with E-state index in [1.807, 2.05) is 0 Å². The number of nitrogens with one attached hydrogen (secondary N) is 1. The lowest BCUT2D eigenvalue weighted by Gasteiger charge is -2.24. The highest BCUT2D eigenvalue weighted by Crippen LogP contribution is 2.22. The van der Waals surface area contributed by atoms with Crippen LogP contribution >= 0.6 is 0 Å². The minimum atomic E-state index is -1.41. The first-order valence-electron chi connectivity index (χ1n) is 5.03. The van der Waals surface area contributed by atoms with Crippen LogP contribution in [0.25, 0.3) is 0 Å². The number of hydrogen-bond donors (Lipinski definition) is 3. The molecule has 0 atom stereocenters. The van der Waals surface area contributed by atoms with Gasteiger partial charge in [0.15, 0.2) is 0 Å². The summed E-state index contributed by atoms with van der Waals surface area (Å²) in [5.41, 5.74) is -1.74. The van der Waals surface area contributed by atoms with Crippen molar-refractivity contribution in [1.82, 2.24) is 4.98 Å². The van der Waals surface area contributed by atoms with Crippen LogP contribution in [-0.2, 0) is 0 Å². The SMILES string of the molecule is CC(C)(CO)Nc1cc(C(=O)O)c([N+](=O)[O-])cn1. The summed E-state index contributed by atoms with van der Waals surface area (Å²) in [7, 11) is 0. The Hall–Kier alpha value is -2.22. The molecule has 0 aliphatic rings. The highest BCUT2D eigenvalue weighted by Gasteiger charge is 2.23. The molecule has 0 fully saturated rings. The Morgan fingerprint density at radius 2 is 2.22 bits per heavy atom. The van der Waals surface area contributed by atoms with Crippen molar-refractivity contribution in [3.63, 3.8) is 0 Å². The van der Waals surface area contributed by atoms with Gasteiger partial charge in [-0.05, 0) is 13.8 Å². The molecule has 0 aromatic carbocycles. The molecule has 0 radical (unpaired) electrons. The fourth-order valence-corrected chi connectivity index (χ4v) is 1.22. The second-order valence-corrected chi connectivity index (χ2v) is 4.32. The van der Waals surface area contributed by atoms with Crippen LogP contribution < -0.4 is 5.32 Å². The number of carboxylic acid groups (broad SMARTS) is 1. The van der Waals surface area contributed by atoms with Crippen molar-refractivity contribution in [3.05, 3.63) is 27.9 Å². The van der Waals surface area contributed by atoms with Gasteiger partial charge in [0.25, 0.3) is 0 Å². The normalized spacial score (nSPS) is 11.1. The van der Waals surface area contributed by atoms with E-state index in [2.05, 4.69) is 10.3 Å². The summed E-state index contributed by atoms with van der Waals surface area (Å²) in [6, 6.07) is 1.07. The van der Waals surface area contributed by atoms with Gasteiger partial charge in [0, 0.05) is 6.07 Å². The monoisotopic (exact) mass is 255 g/mol. The molecule has 0 aliphatic carbocycles. The second-order valence-electron chi connectivity index (χ2n) is 4.32. The number of hydrogen-bond acceptors (Lipinski definition) is 6. The molecular formula is C10H13N3O5. The predicted molar refractivity (Wildman–Crippen MR) is 62.6 cm³/mol. The fraction of sp³-hybridized carbons (Fsp3) is 0.400. The first-order valence-corrected chi connectivity index (χ1v) is 5.03. The Balaban J connectivity index is 3.16. The summed E-state index contributed by atoms with van der Waals surface area (Å²) < 4.78 is 0. The molecule has 3 N–H and O–H groups in total. The molecule has 0 saturated heterocycles. The van der Waals surface area contributed by atoms with E-state index < -0.39 is 27.7 Å². The summed E-state index contributed by atoms with van der Waals surface area (Å²) in [6.45, 7) is 3.15. The molecule has 1 rings (SSSR count). The maximum Gasteiger partial charge on any atom is 0.342 e. The van der Waals surface area contributed by atoms with Gasteiger partial charge in [-0.3, -0.25) is 10.1 Å². The Kier molecular flexibility index (Phi) is 3.82. The minimum Gasteiger partial charge on any atom is -0.477 e. The van der Waals surface area contributed by atoms with Gasteiger partial charge in [-0.1, -0.05) is 0 Å². The van der Waals surface area contributed by atoms with Gasteiger partial charge in [0.1, 0.15) is 17.6 Å². The molecule has 98 valence electrons. The quantitative estimate of drug-likeness (QED) is 0.526. The van der Waals surface area contributed by atoms with Gasteiger partial charge in [-0.15, -0.1) is 0 Å². The number of rotatable bonds is 5. The first-order chi connectivity index (χ1) is 8.26. The van der Waals surface area contributed by atoms with Gasteiger partial charge >= 0.3 is 11.7 Å². The van der Waals surface area contributed by atoms with E-state index in [1.165, 1.54) is 0 Å². The topological polar surface area (TPSA) is 126 Å². The van der Waals surface area contributed by atoms with Crippen LogP contribution in [0.5, 0.6) is 0 Å². The van der Waals surface area contributed by atoms with E-state index in [0.29, 0.717) is 0 Å². The number of nitro groups is 1. The number of aromatic carboxylic acids is 1. The number of nitrogens with zero attached hydrogens (tertiary/aromatic N) is 2. The summed E-state index contributed by atoms with van der Waals surface area (Å²) in [4.78, 5) is 24.5. The molecule has 0 spiro atoms. The Labute approximate surface area is 102 Å². The van der Waals surface area contributed by atoms with Crippen LogP contribution in [0.4, 0.5) is 11.5 Å². The van der Waals surface area contributed by atoms with Crippen molar-refractivity contribution in [2.45, 2.75) is 19.4 Å². The zero-order valence-electron chi connectivity index (χ0n) is 9.88. The number of carboxylic acids is 1. The molecule has 0 unspecified atom stereocenters. The predicted octanol–water partition coefficient (Wildman–Crippen LogP) is 0.871. The zero-order chi connectivity index (χ0) is 13.9. The number of aliphatic hydroxyl groups excluding tert-OH is 1. The van der Waals surface area contributed by atoms with Crippen LogP contribution in [0.3, 0.4) is 0 Å². The van der Waals surface area contributed by atoms with Gasteiger partial charge in [0.05, 0.1) is 17.1 Å². The van der Waals surface area contributed by atoms with Crippen molar-refractivity contribution in [2.75, 3.05) is 11.9 Å². The number of aliphatic hydroxyl groups is 1. The summed E-state index contributed by atoms with van der Waals surface area (Å²) in [5, 5.41) is 31.3. The summed E-state index contributed by atoms with van der Waals surface area (Å²) in [5.74, 6) is -1.26. The lowest BCUT2D eigenvalue weighted by atomic mass is 10.1. The van der Waals surface area contributed by atoms with E-state index in [9.17, 15) is 14.9 Å². The first kappa shape index (κ1) is 13.8. The van der Waals surface area contributed by atoms with E-state index in [0.717, 1.165) is 12.3 Å². The van der Waals surface area contributed by atoms with Crippen LogP contribution in [-0.4, -0.2) is 38.2 Å². The van der Waals surface area contributed by atoms with Crippen molar-refractivity contribution >= 4 is 17.5 Å². The largest absolute Gasteiger partial charge is 0.477 e. The average molecular weight is 255 g/mol. The number of carbonyl (C=O) groups is 1. The lowest BCUT2D eigenvalue weighted by Crippen LogP contribution is -2.35. The zero-order valence-corrected chi connectivity index (χ0v) is 9.88. The Bertz CT molecular complexity index is 486. The number of aromatic nitrogens is 1. The standard InChI is InChI=1S/C10H13N3O5/c1-10(2,5-14)12-8-3-6(9(15)16)7(4-11-8)13(17)18/h3-4,14H,5H2,1-2H3,(H,11,12)(H,15,16). The van der Waals surface area contributed by atoms with Gasteiger partial charge in [0.2, 0.25) is 0 Å². The van der Waals surface area contributed by atoms with E-state index in [1.54, 1.807) is 13.8 Å². The third kappa shape index (κ3) is 3.14. The minimum absolute atomic E-state index is 0.150. The molecule has 0 aliphatic heterocycles. The van der Waals surface area contributed by atoms with Gasteiger partial charge in [-0.2, -0.15) is 0 Å². The van der Waals surface area contributed by atoms with Crippen molar-refractivity contribution in [3.8, 4) is 0 Å².